The van der Waals surface area contributed by atoms with Crippen molar-refractivity contribution in [3.63, 3.8) is 0 Å². The molecule has 106 valence electrons. The van der Waals surface area contributed by atoms with E-state index >= 15 is 0 Å². The van der Waals surface area contributed by atoms with Gasteiger partial charge in [0, 0.05) is 30.1 Å². The van der Waals surface area contributed by atoms with Crippen LogP contribution in [-0.4, -0.2) is 19.7 Å². The molecule has 6 heteroatoms. The average molecular weight is 289 g/mol. The highest BCUT2D eigenvalue weighted by Gasteiger charge is 2.15. The van der Waals surface area contributed by atoms with Crippen LogP contribution in [0.5, 0.6) is 0 Å². The molecule has 2 aromatic heterocycles. The minimum absolute atomic E-state index is 0.0292. The zero-order chi connectivity index (χ0) is 13.9. The molecule has 1 aliphatic heterocycles. The third-order valence-corrected chi connectivity index (χ3v) is 4.47. The fraction of sp³-hybridized carbons (Fsp3) is 0.500. The van der Waals surface area contributed by atoms with Crippen LogP contribution in [0, 0.1) is 0 Å². The third-order valence-electron chi connectivity index (χ3n) is 3.51. The highest BCUT2D eigenvalue weighted by Crippen LogP contribution is 2.28. The Morgan fingerprint density at radius 1 is 1.25 bits per heavy atom. The predicted molar refractivity (Wildman–Crippen MR) is 78.5 cm³/mol. The molecule has 0 saturated heterocycles. The van der Waals surface area contributed by atoms with Gasteiger partial charge < -0.3 is 10.3 Å². The number of aromatic nitrogens is 4. The van der Waals surface area contributed by atoms with Gasteiger partial charge in [-0.1, -0.05) is 6.42 Å². The topological polar surface area (TPSA) is 69.6 Å². The normalized spacial score (nSPS) is 16.5. The molecule has 1 atom stereocenters. The number of fused-ring (bicyclic) bond motifs is 1. The minimum Gasteiger partial charge on any atom is -0.323 e. The first-order chi connectivity index (χ1) is 9.74. The molecule has 20 heavy (non-hydrogen) atoms. The molecule has 1 aliphatic rings. The molecule has 0 aliphatic carbocycles. The molecule has 0 radical (unpaired) electrons. The highest BCUT2D eigenvalue weighted by atomic mass is 32.2. The van der Waals surface area contributed by atoms with E-state index in [-0.39, 0.29) is 6.04 Å². The Morgan fingerprint density at radius 3 is 2.90 bits per heavy atom. The van der Waals surface area contributed by atoms with Crippen molar-refractivity contribution in [2.75, 3.05) is 0 Å². The van der Waals surface area contributed by atoms with Crippen LogP contribution >= 0.6 is 11.8 Å². The standard InChI is InChI=1S/C14H19N5S/c1-10(15)12-7-6-11(9-16-12)20-14-18-17-13-5-3-2-4-8-19(13)14/h6-7,9-10H,2-5,8,15H2,1H3/t10-/m1/s1. The predicted octanol–water partition coefficient (Wildman–Crippen LogP) is 2.57. The summed E-state index contributed by atoms with van der Waals surface area (Å²) in [5.74, 6) is 1.12. The van der Waals surface area contributed by atoms with Gasteiger partial charge in [0.15, 0.2) is 5.16 Å². The summed E-state index contributed by atoms with van der Waals surface area (Å²) in [6.07, 6.45) is 6.60. The van der Waals surface area contributed by atoms with Crippen molar-refractivity contribution in [1.82, 2.24) is 19.7 Å². The molecule has 2 N–H and O–H groups in total. The molecule has 0 fully saturated rings. The summed E-state index contributed by atoms with van der Waals surface area (Å²) in [4.78, 5) is 5.46. The summed E-state index contributed by atoms with van der Waals surface area (Å²) in [7, 11) is 0. The van der Waals surface area contributed by atoms with E-state index in [1.807, 2.05) is 19.2 Å². The Labute approximate surface area is 123 Å². The summed E-state index contributed by atoms with van der Waals surface area (Å²) in [6.45, 7) is 2.96. The van der Waals surface area contributed by atoms with Gasteiger partial charge in [-0.3, -0.25) is 4.98 Å². The van der Waals surface area contributed by atoms with E-state index in [9.17, 15) is 0 Å². The number of rotatable bonds is 3. The molecule has 3 rings (SSSR count). The number of hydrogen-bond acceptors (Lipinski definition) is 5. The van der Waals surface area contributed by atoms with Gasteiger partial charge in [-0.15, -0.1) is 10.2 Å². The Hall–Kier alpha value is -1.40. The second-order valence-electron chi connectivity index (χ2n) is 5.17. The maximum absolute atomic E-state index is 5.81. The number of hydrogen-bond donors (Lipinski definition) is 1. The van der Waals surface area contributed by atoms with Gasteiger partial charge in [-0.25, -0.2) is 0 Å². The lowest BCUT2D eigenvalue weighted by molar-refractivity contribution is 0.591. The lowest BCUT2D eigenvalue weighted by Gasteiger charge is -2.07. The molecular formula is C14H19N5S. The summed E-state index contributed by atoms with van der Waals surface area (Å²) in [5, 5.41) is 9.60. The van der Waals surface area contributed by atoms with Gasteiger partial charge in [-0.2, -0.15) is 0 Å². The Bertz CT molecular complexity index is 576. The van der Waals surface area contributed by atoms with Crippen molar-refractivity contribution < 1.29 is 0 Å². The first kappa shape index (κ1) is 13.6. The highest BCUT2D eigenvalue weighted by molar-refractivity contribution is 7.99. The monoisotopic (exact) mass is 289 g/mol. The second kappa shape index (κ2) is 5.93. The summed E-state index contributed by atoms with van der Waals surface area (Å²) in [6, 6.07) is 4.00. The van der Waals surface area contributed by atoms with Crippen LogP contribution in [0.15, 0.2) is 28.4 Å². The van der Waals surface area contributed by atoms with Crippen molar-refractivity contribution in [3.8, 4) is 0 Å². The fourth-order valence-corrected chi connectivity index (χ4v) is 3.20. The van der Waals surface area contributed by atoms with E-state index in [4.69, 9.17) is 5.73 Å². The molecular weight excluding hydrogens is 270 g/mol. The molecule has 0 amide bonds. The van der Waals surface area contributed by atoms with Crippen LogP contribution in [0.1, 0.15) is 43.7 Å². The van der Waals surface area contributed by atoms with E-state index in [1.165, 1.54) is 19.3 Å². The molecule has 3 heterocycles. The van der Waals surface area contributed by atoms with Crippen LogP contribution in [-0.2, 0) is 13.0 Å². The van der Waals surface area contributed by atoms with Crippen LogP contribution in [0.2, 0.25) is 0 Å². The number of nitrogens with zero attached hydrogens (tertiary/aromatic N) is 4. The molecule has 0 spiro atoms. The van der Waals surface area contributed by atoms with Gasteiger partial charge >= 0.3 is 0 Å². The van der Waals surface area contributed by atoms with Crippen LogP contribution in [0.3, 0.4) is 0 Å². The fourth-order valence-electron chi connectivity index (χ4n) is 2.36. The first-order valence-corrected chi connectivity index (χ1v) is 7.87. The first-order valence-electron chi connectivity index (χ1n) is 7.05. The van der Waals surface area contributed by atoms with Crippen LogP contribution in [0.4, 0.5) is 0 Å². The van der Waals surface area contributed by atoms with E-state index < -0.39 is 0 Å². The lowest BCUT2D eigenvalue weighted by Crippen LogP contribution is -2.06. The quantitative estimate of drug-likeness (QED) is 0.940. The average Bonchev–Trinajstić information content (AvgIpc) is 2.69. The van der Waals surface area contributed by atoms with Gasteiger partial charge in [0.2, 0.25) is 0 Å². The van der Waals surface area contributed by atoms with Gasteiger partial charge in [-0.05, 0) is 43.7 Å². The smallest absolute Gasteiger partial charge is 0.196 e. The van der Waals surface area contributed by atoms with Crippen molar-refractivity contribution in [3.05, 3.63) is 29.8 Å². The van der Waals surface area contributed by atoms with E-state index in [2.05, 4.69) is 25.8 Å². The van der Waals surface area contributed by atoms with Gasteiger partial charge in [0.25, 0.3) is 0 Å². The molecule has 5 nitrogen and oxygen atoms in total. The number of aryl methyl sites for hydroxylation is 1. The maximum Gasteiger partial charge on any atom is 0.196 e. The molecule has 0 bridgehead atoms. The molecule has 2 aromatic rings. The van der Waals surface area contributed by atoms with Crippen LogP contribution in [0.25, 0.3) is 0 Å². The van der Waals surface area contributed by atoms with E-state index in [0.717, 1.165) is 34.5 Å². The van der Waals surface area contributed by atoms with Crippen molar-refractivity contribution >= 4 is 11.8 Å². The molecule has 0 unspecified atom stereocenters. The van der Waals surface area contributed by atoms with Gasteiger partial charge in [0.1, 0.15) is 5.82 Å². The zero-order valence-electron chi connectivity index (χ0n) is 11.6. The maximum atomic E-state index is 5.81. The van der Waals surface area contributed by atoms with Gasteiger partial charge in [0.05, 0.1) is 5.69 Å². The summed E-state index contributed by atoms with van der Waals surface area (Å²) in [5.41, 5.74) is 6.72. The number of pyridine rings is 1. The zero-order valence-corrected chi connectivity index (χ0v) is 12.4. The molecule has 0 saturated carbocycles. The van der Waals surface area contributed by atoms with Crippen molar-refractivity contribution in [2.45, 2.75) is 55.2 Å². The summed E-state index contributed by atoms with van der Waals surface area (Å²) >= 11 is 1.62. The Morgan fingerprint density at radius 2 is 2.15 bits per heavy atom. The minimum atomic E-state index is -0.0292. The van der Waals surface area contributed by atoms with E-state index in [1.54, 1.807) is 11.8 Å². The van der Waals surface area contributed by atoms with Crippen molar-refractivity contribution in [1.29, 1.82) is 0 Å². The van der Waals surface area contributed by atoms with E-state index in [0.29, 0.717) is 0 Å². The Kier molecular flexibility index (Phi) is 4.03. The lowest BCUT2D eigenvalue weighted by atomic mass is 10.2. The molecule has 0 aromatic carbocycles. The van der Waals surface area contributed by atoms with Crippen LogP contribution < -0.4 is 5.73 Å². The third kappa shape index (κ3) is 2.86. The SMILES string of the molecule is C[C@@H](N)c1ccc(Sc2nnc3n2CCCCC3)cn1. The Balaban J connectivity index is 1.79. The second-order valence-corrected chi connectivity index (χ2v) is 6.21. The largest absolute Gasteiger partial charge is 0.323 e. The number of nitrogens with two attached hydrogens (primary N) is 1. The van der Waals surface area contributed by atoms with Crippen molar-refractivity contribution in [2.24, 2.45) is 5.73 Å². The summed E-state index contributed by atoms with van der Waals surface area (Å²) < 4.78 is 2.25.